The van der Waals surface area contributed by atoms with Gasteiger partial charge < -0.3 is 0 Å². The van der Waals surface area contributed by atoms with Crippen molar-refractivity contribution in [1.29, 1.82) is 0 Å². The van der Waals surface area contributed by atoms with Gasteiger partial charge in [-0.25, -0.2) is 0 Å². The van der Waals surface area contributed by atoms with E-state index in [1.165, 1.54) is 0 Å². The maximum absolute atomic E-state index is 13.2. The second-order valence-corrected chi connectivity index (χ2v) is 6.31. The third-order valence-corrected chi connectivity index (χ3v) is 3.79. The Kier molecular flexibility index (Phi) is 3.42. The minimum atomic E-state index is -5.34. The number of hydrogen-bond acceptors (Lipinski definition) is 3. The molecular formula is C8H9AsFNO5. The van der Waals surface area contributed by atoms with E-state index in [1.54, 1.807) is 0 Å². The summed E-state index contributed by atoms with van der Waals surface area (Å²) in [6, 6.07) is 1.55. The van der Waals surface area contributed by atoms with Gasteiger partial charge in [-0.1, -0.05) is 0 Å². The Bertz CT molecular complexity index is 484. The van der Waals surface area contributed by atoms with Crippen LogP contribution in [0.25, 0.3) is 0 Å². The van der Waals surface area contributed by atoms with Gasteiger partial charge in [0.25, 0.3) is 0 Å². The number of amides is 1. The number of rotatable bonds is 2. The second kappa shape index (κ2) is 4.29. The Balaban J connectivity index is 3.38. The summed E-state index contributed by atoms with van der Waals surface area (Å²) in [6.07, 6.45) is 0. The number of nitrogens with one attached hydrogen (secondary N) is 1. The maximum atomic E-state index is 13.2. The van der Waals surface area contributed by atoms with Crippen LogP contribution in [0.1, 0.15) is 6.92 Å². The van der Waals surface area contributed by atoms with Gasteiger partial charge in [0, 0.05) is 0 Å². The number of benzene rings is 1. The molecule has 0 saturated heterocycles. The van der Waals surface area contributed by atoms with E-state index in [9.17, 15) is 18.0 Å². The monoisotopic (exact) mass is 293 g/mol. The molecule has 0 fully saturated rings. The van der Waals surface area contributed by atoms with Crippen LogP contribution in [0, 0.1) is 5.82 Å². The number of phenols is 1. The quantitative estimate of drug-likeness (QED) is 0.415. The predicted octanol–water partition coefficient (Wildman–Crippen LogP) is -0.949. The first-order chi connectivity index (χ1) is 7.23. The normalized spacial score (nSPS) is 11.2. The molecule has 0 aliphatic heterocycles. The van der Waals surface area contributed by atoms with Crippen LogP contribution in [0.3, 0.4) is 0 Å². The van der Waals surface area contributed by atoms with E-state index in [2.05, 4.69) is 0 Å². The summed E-state index contributed by atoms with van der Waals surface area (Å²) in [5, 5.41) is 11.4. The standard InChI is InChI=1S/C8H9AsFNO5/c1-4(12)11-7-6(10)3-2-5(8(7)13)9(14,15)16/h2-3,13H,1H3,(H,11,12)(H2,14,15,16). The van der Waals surface area contributed by atoms with Crippen molar-refractivity contribution >= 4 is 30.1 Å². The fourth-order valence-corrected chi connectivity index (χ4v) is 2.46. The third kappa shape index (κ3) is 2.63. The average Bonchev–Trinajstić information content (AvgIpc) is 2.09. The summed E-state index contributed by atoms with van der Waals surface area (Å²) in [5.41, 5.74) is -0.630. The molecule has 4 N–H and O–H groups in total. The molecular weight excluding hydrogens is 284 g/mol. The van der Waals surface area contributed by atoms with E-state index < -0.39 is 41.7 Å². The number of aromatic hydroxyl groups is 1. The van der Waals surface area contributed by atoms with Gasteiger partial charge in [0.1, 0.15) is 0 Å². The predicted molar refractivity (Wildman–Crippen MR) is 52.9 cm³/mol. The van der Waals surface area contributed by atoms with Gasteiger partial charge in [-0.15, -0.1) is 0 Å². The fourth-order valence-electron chi connectivity index (χ4n) is 1.09. The molecule has 0 saturated carbocycles. The summed E-state index contributed by atoms with van der Waals surface area (Å²) in [5.74, 6) is -2.58. The van der Waals surface area contributed by atoms with Gasteiger partial charge in [-0.05, 0) is 0 Å². The molecule has 0 aromatic heterocycles. The number of hydrogen-bond donors (Lipinski definition) is 4. The van der Waals surface area contributed by atoms with Crippen LogP contribution >= 0.6 is 0 Å². The van der Waals surface area contributed by atoms with E-state index in [0.717, 1.165) is 19.1 Å². The molecule has 0 aliphatic carbocycles. The molecule has 16 heavy (non-hydrogen) atoms. The summed E-state index contributed by atoms with van der Waals surface area (Å²) in [4.78, 5) is 10.7. The van der Waals surface area contributed by atoms with Crippen molar-refractivity contribution in [2.75, 3.05) is 5.32 Å². The molecule has 0 aliphatic rings. The van der Waals surface area contributed by atoms with Gasteiger partial charge in [0.05, 0.1) is 0 Å². The van der Waals surface area contributed by atoms with Crippen molar-refractivity contribution in [1.82, 2.24) is 0 Å². The molecule has 1 rings (SSSR count). The van der Waals surface area contributed by atoms with Crippen molar-refractivity contribution < 1.29 is 26.2 Å². The SMILES string of the molecule is CC(=O)Nc1c(F)ccc([As](=O)(O)O)c1O. The van der Waals surface area contributed by atoms with Crippen LogP contribution in [0.5, 0.6) is 5.75 Å². The second-order valence-electron chi connectivity index (χ2n) is 3.02. The van der Waals surface area contributed by atoms with Crippen LogP contribution in [0.15, 0.2) is 12.1 Å². The van der Waals surface area contributed by atoms with Crippen LogP contribution in [0.2, 0.25) is 0 Å². The molecule has 1 amide bonds. The van der Waals surface area contributed by atoms with E-state index >= 15 is 0 Å². The molecule has 0 bridgehead atoms. The summed E-state index contributed by atoms with van der Waals surface area (Å²) in [6.45, 7) is 1.08. The van der Waals surface area contributed by atoms with Crippen LogP contribution in [-0.2, 0) is 8.53 Å². The van der Waals surface area contributed by atoms with Crippen molar-refractivity contribution in [3.8, 4) is 5.75 Å². The van der Waals surface area contributed by atoms with Gasteiger partial charge >= 0.3 is 92.3 Å². The topological polar surface area (TPSA) is 107 Å². The Hall–Kier alpha value is -1.30. The first-order valence-electron chi connectivity index (χ1n) is 4.08. The minimum absolute atomic E-state index is 0.630. The first kappa shape index (κ1) is 12.8. The molecule has 88 valence electrons. The Morgan fingerprint density at radius 1 is 1.44 bits per heavy atom. The van der Waals surface area contributed by atoms with Crippen molar-refractivity contribution in [2.24, 2.45) is 0 Å². The molecule has 8 heteroatoms. The van der Waals surface area contributed by atoms with E-state index in [0.29, 0.717) is 0 Å². The molecule has 1 aromatic carbocycles. The Morgan fingerprint density at radius 2 is 2.00 bits per heavy atom. The summed E-state index contributed by atoms with van der Waals surface area (Å²) >= 11 is -5.34. The van der Waals surface area contributed by atoms with Crippen molar-refractivity contribution in [3.63, 3.8) is 0 Å². The van der Waals surface area contributed by atoms with E-state index in [1.807, 2.05) is 5.32 Å². The zero-order valence-electron chi connectivity index (χ0n) is 8.14. The number of carbonyl (C=O) groups is 1. The molecule has 0 spiro atoms. The van der Waals surface area contributed by atoms with Gasteiger partial charge in [0.2, 0.25) is 0 Å². The van der Waals surface area contributed by atoms with E-state index in [4.69, 9.17) is 8.19 Å². The number of anilines is 1. The van der Waals surface area contributed by atoms with Crippen LogP contribution in [-0.4, -0.2) is 33.4 Å². The molecule has 0 radical (unpaired) electrons. The van der Waals surface area contributed by atoms with Crippen molar-refractivity contribution in [3.05, 3.63) is 17.9 Å². The summed E-state index contributed by atoms with van der Waals surface area (Å²) in [7, 11) is 0. The first-order valence-corrected chi connectivity index (χ1v) is 7.47. The zero-order valence-corrected chi connectivity index (χ0v) is 10.0. The van der Waals surface area contributed by atoms with Gasteiger partial charge in [-0.3, -0.25) is 0 Å². The van der Waals surface area contributed by atoms with E-state index in [-0.39, 0.29) is 0 Å². The van der Waals surface area contributed by atoms with Crippen LogP contribution < -0.4 is 9.67 Å². The average molecular weight is 293 g/mol. The number of halogens is 1. The number of phenolic OH excluding ortho intramolecular Hbond substituents is 1. The fraction of sp³-hybridized carbons (Fsp3) is 0.125. The molecule has 1 aromatic rings. The third-order valence-electron chi connectivity index (χ3n) is 1.72. The Morgan fingerprint density at radius 3 is 2.44 bits per heavy atom. The Labute approximate surface area is 92.7 Å². The number of carbonyl (C=O) groups excluding carboxylic acids is 1. The van der Waals surface area contributed by atoms with Gasteiger partial charge in [-0.2, -0.15) is 0 Å². The zero-order chi connectivity index (χ0) is 12.5. The molecule has 0 unspecified atom stereocenters. The molecule has 0 heterocycles. The molecule has 6 nitrogen and oxygen atoms in total. The van der Waals surface area contributed by atoms with Crippen molar-refractivity contribution in [2.45, 2.75) is 6.92 Å². The summed E-state index contributed by atoms with van der Waals surface area (Å²) < 4.78 is 41.2. The van der Waals surface area contributed by atoms with Gasteiger partial charge in [0.15, 0.2) is 0 Å². The van der Waals surface area contributed by atoms with Crippen LogP contribution in [0.4, 0.5) is 10.1 Å². The molecule has 0 atom stereocenters.